The molecule has 4 nitrogen and oxygen atoms in total. The normalized spacial score (nSPS) is 12.1. The van der Waals surface area contributed by atoms with Crippen LogP contribution in [0.15, 0.2) is 36.7 Å². The Morgan fingerprint density at radius 1 is 0.727 bits per heavy atom. The first-order valence-corrected chi connectivity index (χ1v) is 13.4. The Morgan fingerprint density at radius 2 is 1.30 bits per heavy atom. The Bertz CT molecular complexity index is 715. The van der Waals surface area contributed by atoms with Gasteiger partial charge in [-0.3, -0.25) is 0 Å². The predicted molar refractivity (Wildman–Crippen MR) is 139 cm³/mol. The molecule has 1 N–H and O–H groups in total. The van der Waals surface area contributed by atoms with Crippen LogP contribution in [0.1, 0.15) is 109 Å². The zero-order valence-electron chi connectivity index (χ0n) is 21.1. The van der Waals surface area contributed by atoms with Crippen molar-refractivity contribution in [2.75, 3.05) is 6.61 Å². The third kappa shape index (κ3) is 12.2. The van der Waals surface area contributed by atoms with Gasteiger partial charge in [0.25, 0.3) is 0 Å². The minimum absolute atomic E-state index is 0.222. The molecular weight excluding hydrogens is 408 g/mol. The van der Waals surface area contributed by atoms with Crippen LogP contribution in [-0.4, -0.2) is 27.8 Å². The smallest absolute Gasteiger partial charge is 0.159 e. The summed E-state index contributed by atoms with van der Waals surface area (Å²) >= 11 is 0. The van der Waals surface area contributed by atoms with Gasteiger partial charge in [0.05, 0.1) is 12.7 Å². The number of benzene rings is 1. The summed E-state index contributed by atoms with van der Waals surface area (Å²) in [4.78, 5) is 9.08. The molecule has 0 aliphatic carbocycles. The lowest BCUT2D eigenvalue weighted by molar-refractivity contribution is 0.151. The first-order valence-electron chi connectivity index (χ1n) is 13.4. The molecule has 1 aromatic heterocycles. The summed E-state index contributed by atoms with van der Waals surface area (Å²) in [5.74, 6) is 1.64. The number of rotatable bonds is 19. The van der Waals surface area contributed by atoms with E-state index in [9.17, 15) is 5.11 Å². The first-order chi connectivity index (χ1) is 16.2. The van der Waals surface area contributed by atoms with Crippen molar-refractivity contribution >= 4 is 0 Å². The van der Waals surface area contributed by atoms with Crippen LogP contribution in [0.25, 0.3) is 11.4 Å². The SMILES string of the molecule is CCCCCCCCOc1ccc(-c2ncc(CC[C@H](O)CCCCCCCC)cn2)cc1. The Balaban J connectivity index is 1.65. The zero-order chi connectivity index (χ0) is 23.6. The molecule has 184 valence electrons. The van der Waals surface area contributed by atoms with Crippen molar-refractivity contribution in [3.05, 3.63) is 42.2 Å². The van der Waals surface area contributed by atoms with E-state index in [2.05, 4.69) is 23.8 Å². The van der Waals surface area contributed by atoms with Gasteiger partial charge in [0.15, 0.2) is 5.82 Å². The van der Waals surface area contributed by atoms with Gasteiger partial charge in [-0.05, 0) is 55.5 Å². The summed E-state index contributed by atoms with van der Waals surface area (Å²) < 4.78 is 5.86. The van der Waals surface area contributed by atoms with Gasteiger partial charge in [-0.15, -0.1) is 0 Å². The highest BCUT2D eigenvalue weighted by molar-refractivity contribution is 5.55. The lowest BCUT2D eigenvalue weighted by atomic mass is 10.0. The number of unbranched alkanes of at least 4 members (excludes halogenated alkanes) is 10. The molecule has 0 amide bonds. The van der Waals surface area contributed by atoms with Crippen LogP contribution >= 0.6 is 0 Å². The van der Waals surface area contributed by atoms with Gasteiger partial charge in [0.1, 0.15) is 5.75 Å². The Morgan fingerprint density at radius 3 is 1.94 bits per heavy atom. The second-order valence-electron chi connectivity index (χ2n) is 9.30. The van der Waals surface area contributed by atoms with E-state index >= 15 is 0 Å². The molecule has 0 unspecified atom stereocenters. The predicted octanol–water partition coefficient (Wildman–Crippen LogP) is 7.93. The molecular formula is C29H46N2O2. The third-order valence-corrected chi connectivity index (χ3v) is 6.24. The molecule has 0 aliphatic heterocycles. The Labute approximate surface area is 202 Å². The molecule has 0 spiro atoms. The van der Waals surface area contributed by atoms with Crippen LogP contribution in [0, 0.1) is 0 Å². The summed E-state index contributed by atoms with van der Waals surface area (Å²) in [6.45, 7) is 5.26. The van der Waals surface area contributed by atoms with Gasteiger partial charge in [0, 0.05) is 18.0 Å². The van der Waals surface area contributed by atoms with Crippen molar-refractivity contribution in [2.24, 2.45) is 0 Å². The molecule has 0 bridgehead atoms. The molecule has 0 saturated heterocycles. The van der Waals surface area contributed by atoms with Gasteiger partial charge in [-0.25, -0.2) is 9.97 Å². The summed E-state index contributed by atoms with van der Waals surface area (Å²) in [5.41, 5.74) is 2.08. The van der Waals surface area contributed by atoms with Crippen LogP contribution in [0.4, 0.5) is 0 Å². The molecule has 0 radical (unpaired) electrons. The van der Waals surface area contributed by atoms with E-state index in [4.69, 9.17) is 4.74 Å². The highest BCUT2D eigenvalue weighted by Gasteiger charge is 2.07. The van der Waals surface area contributed by atoms with Crippen LogP contribution in [0.2, 0.25) is 0 Å². The van der Waals surface area contributed by atoms with Crippen LogP contribution in [-0.2, 0) is 6.42 Å². The highest BCUT2D eigenvalue weighted by Crippen LogP contribution is 2.20. The van der Waals surface area contributed by atoms with Crippen molar-refractivity contribution in [2.45, 2.75) is 116 Å². The molecule has 1 atom stereocenters. The van der Waals surface area contributed by atoms with E-state index in [1.807, 2.05) is 36.7 Å². The number of aromatic nitrogens is 2. The number of aryl methyl sites for hydroxylation is 1. The zero-order valence-corrected chi connectivity index (χ0v) is 21.1. The maximum atomic E-state index is 10.2. The summed E-state index contributed by atoms with van der Waals surface area (Å²) in [6.07, 6.45) is 21.3. The van der Waals surface area contributed by atoms with Crippen molar-refractivity contribution in [3.63, 3.8) is 0 Å². The minimum Gasteiger partial charge on any atom is -0.494 e. The maximum absolute atomic E-state index is 10.2. The first kappa shape index (κ1) is 27.3. The fraction of sp³-hybridized carbons (Fsp3) is 0.655. The quantitative estimate of drug-likeness (QED) is 0.219. The van der Waals surface area contributed by atoms with Crippen LogP contribution in [0.3, 0.4) is 0 Å². The average molecular weight is 455 g/mol. The Kier molecular flexibility index (Phi) is 14.5. The molecule has 1 aromatic carbocycles. The molecule has 4 heteroatoms. The fourth-order valence-electron chi connectivity index (χ4n) is 4.04. The van der Waals surface area contributed by atoms with E-state index in [1.165, 1.54) is 64.2 Å². The molecule has 1 heterocycles. The van der Waals surface area contributed by atoms with Crippen molar-refractivity contribution in [1.29, 1.82) is 0 Å². The van der Waals surface area contributed by atoms with Gasteiger partial charge >= 0.3 is 0 Å². The van der Waals surface area contributed by atoms with E-state index < -0.39 is 0 Å². The van der Waals surface area contributed by atoms with Gasteiger partial charge in [-0.1, -0.05) is 84.5 Å². The number of hydrogen-bond acceptors (Lipinski definition) is 4. The molecule has 2 rings (SSSR count). The highest BCUT2D eigenvalue weighted by atomic mass is 16.5. The number of ether oxygens (including phenoxy) is 1. The third-order valence-electron chi connectivity index (χ3n) is 6.24. The van der Waals surface area contributed by atoms with E-state index in [0.29, 0.717) is 0 Å². The van der Waals surface area contributed by atoms with E-state index in [0.717, 1.165) is 61.4 Å². The molecule has 0 fully saturated rings. The number of hydrogen-bond donors (Lipinski definition) is 1. The van der Waals surface area contributed by atoms with Crippen molar-refractivity contribution < 1.29 is 9.84 Å². The van der Waals surface area contributed by atoms with Gasteiger partial charge in [-0.2, -0.15) is 0 Å². The molecule has 33 heavy (non-hydrogen) atoms. The monoisotopic (exact) mass is 454 g/mol. The summed E-state index contributed by atoms with van der Waals surface area (Å²) in [6, 6.07) is 8.05. The van der Waals surface area contributed by atoms with E-state index in [-0.39, 0.29) is 6.10 Å². The molecule has 2 aromatic rings. The van der Waals surface area contributed by atoms with Gasteiger partial charge in [0.2, 0.25) is 0 Å². The topological polar surface area (TPSA) is 55.2 Å². The summed E-state index contributed by atoms with van der Waals surface area (Å²) in [7, 11) is 0. The number of nitrogens with zero attached hydrogens (tertiary/aromatic N) is 2. The second kappa shape index (κ2) is 17.5. The number of aliphatic hydroxyl groups is 1. The fourth-order valence-corrected chi connectivity index (χ4v) is 4.04. The molecule has 0 saturated carbocycles. The maximum Gasteiger partial charge on any atom is 0.159 e. The lowest BCUT2D eigenvalue weighted by Crippen LogP contribution is -2.08. The van der Waals surface area contributed by atoms with Crippen molar-refractivity contribution in [3.8, 4) is 17.1 Å². The lowest BCUT2D eigenvalue weighted by Gasteiger charge is -2.10. The standard InChI is InChI=1S/C29H46N2O2/c1-3-5-7-9-11-13-15-27(32)19-16-25-23-30-29(31-24-25)26-17-20-28(21-18-26)33-22-14-12-10-8-6-4-2/h17-18,20-21,23-24,27,32H,3-16,19,22H2,1-2H3/t27-/m1/s1. The van der Waals surface area contributed by atoms with Crippen LogP contribution < -0.4 is 4.74 Å². The van der Waals surface area contributed by atoms with Gasteiger partial charge < -0.3 is 9.84 Å². The average Bonchev–Trinajstić information content (AvgIpc) is 2.85. The van der Waals surface area contributed by atoms with Crippen LogP contribution in [0.5, 0.6) is 5.75 Å². The second-order valence-corrected chi connectivity index (χ2v) is 9.30. The van der Waals surface area contributed by atoms with E-state index in [1.54, 1.807) is 0 Å². The largest absolute Gasteiger partial charge is 0.494 e. The number of aliphatic hydroxyl groups excluding tert-OH is 1. The van der Waals surface area contributed by atoms with Crippen molar-refractivity contribution in [1.82, 2.24) is 9.97 Å². The minimum atomic E-state index is -0.222. The Hall–Kier alpha value is -1.94. The summed E-state index contributed by atoms with van der Waals surface area (Å²) in [5, 5.41) is 10.2. The molecule has 0 aliphatic rings.